The van der Waals surface area contributed by atoms with Gasteiger partial charge in [-0.05, 0) is 36.4 Å². The van der Waals surface area contributed by atoms with Crippen molar-refractivity contribution >= 4 is 23.2 Å². The smallest absolute Gasteiger partial charge is 0.293 e. The summed E-state index contributed by atoms with van der Waals surface area (Å²) in [5.41, 5.74) is 1.03. The largest absolute Gasteiger partial charge is 0.300 e. The molecule has 2 aromatic heterocycles. The zero-order chi connectivity index (χ0) is 18.8. The monoisotopic (exact) mass is 380 g/mol. The average Bonchev–Trinajstić information content (AvgIpc) is 3.11. The Bertz CT molecular complexity index is 1170. The number of fused-ring (bicyclic) bond motifs is 1. The number of thioether (sulfide) groups is 1. The van der Waals surface area contributed by atoms with E-state index >= 15 is 0 Å². The number of carbonyl (C=O) groups excluding carboxylic acids is 1. The molecule has 27 heavy (non-hydrogen) atoms. The summed E-state index contributed by atoms with van der Waals surface area (Å²) in [4.78, 5) is 24.9. The highest BCUT2D eigenvalue weighted by molar-refractivity contribution is 7.99. The van der Waals surface area contributed by atoms with Crippen LogP contribution in [0.5, 0.6) is 0 Å². The zero-order valence-electron chi connectivity index (χ0n) is 13.9. The molecule has 0 saturated heterocycles. The number of hydrogen-bond acceptors (Lipinski definition) is 5. The van der Waals surface area contributed by atoms with Gasteiger partial charge >= 0.3 is 5.56 Å². The maximum absolute atomic E-state index is 13.0. The molecule has 0 amide bonds. The van der Waals surface area contributed by atoms with E-state index in [1.807, 2.05) is 30.3 Å². The van der Waals surface area contributed by atoms with E-state index in [1.165, 1.54) is 40.6 Å². The molecule has 4 rings (SSSR count). The van der Waals surface area contributed by atoms with Gasteiger partial charge in [-0.15, -0.1) is 10.2 Å². The summed E-state index contributed by atoms with van der Waals surface area (Å²) in [7, 11) is 0. The summed E-state index contributed by atoms with van der Waals surface area (Å²) in [5.74, 6) is -0.444. The Balaban J connectivity index is 1.59. The summed E-state index contributed by atoms with van der Waals surface area (Å²) in [6, 6.07) is 14.6. The summed E-state index contributed by atoms with van der Waals surface area (Å²) in [5, 5.41) is 8.43. The number of benzene rings is 2. The molecule has 0 N–H and O–H groups in total. The summed E-state index contributed by atoms with van der Waals surface area (Å²) in [6.07, 6.45) is 3.33. The number of aromatic nitrogens is 4. The van der Waals surface area contributed by atoms with E-state index in [9.17, 15) is 14.0 Å². The third kappa shape index (κ3) is 3.39. The molecule has 0 saturated carbocycles. The number of rotatable bonds is 5. The quantitative estimate of drug-likeness (QED) is 0.393. The lowest BCUT2D eigenvalue weighted by atomic mass is 10.1. The molecule has 0 spiro atoms. The van der Waals surface area contributed by atoms with Crippen molar-refractivity contribution in [3.63, 3.8) is 0 Å². The number of hydrogen-bond donors (Lipinski definition) is 0. The molecule has 0 aliphatic rings. The van der Waals surface area contributed by atoms with E-state index in [2.05, 4.69) is 10.2 Å². The number of carbonyl (C=O) groups is 1. The van der Waals surface area contributed by atoms with Crippen LogP contribution in [0.1, 0.15) is 10.4 Å². The van der Waals surface area contributed by atoms with Gasteiger partial charge in [0, 0.05) is 23.6 Å². The molecule has 0 fully saturated rings. The topological polar surface area (TPSA) is 69.3 Å². The highest BCUT2D eigenvalue weighted by Crippen LogP contribution is 2.18. The van der Waals surface area contributed by atoms with E-state index in [0.29, 0.717) is 10.7 Å². The minimum atomic E-state index is -0.391. The first-order valence-electron chi connectivity index (χ1n) is 8.07. The number of halogens is 1. The Hall–Kier alpha value is -3.26. The van der Waals surface area contributed by atoms with E-state index < -0.39 is 5.82 Å². The van der Waals surface area contributed by atoms with Crippen molar-refractivity contribution in [3.05, 3.63) is 88.7 Å². The third-order valence-corrected chi connectivity index (χ3v) is 4.92. The second-order valence-corrected chi connectivity index (χ2v) is 6.65. The first-order chi connectivity index (χ1) is 13.1. The van der Waals surface area contributed by atoms with Crippen LogP contribution in [0.4, 0.5) is 4.39 Å². The van der Waals surface area contributed by atoms with Gasteiger partial charge < -0.3 is 0 Å². The lowest BCUT2D eigenvalue weighted by Gasteiger charge is -2.06. The van der Waals surface area contributed by atoms with Crippen molar-refractivity contribution in [1.82, 2.24) is 19.2 Å². The molecule has 4 aromatic rings. The van der Waals surface area contributed by atoms with Gasteiger partial charge in [0.15, 0.2) is 10.9 Å². The van der Waals surface area contributed by atoms with Crippen LogP contribution in [0, 0.1) is 5.82 Å². The summed E-state index contributed by atoms with van der Waals surface area (Å²) >= 11 is 1.17. The molecule has 0 bridgehead atoms. The van der Waals surface area contributed by atoms with E-state index in [-0.39, 0.29) is 22.7 Å². The minimum Gasteiger partial charge on any atom is -0.293 e. The van der Waals surface area contributed by atoms with Crippen molar-refractivity contribution in [2.45, 2.75) is 5.16 Å². The van der Waals surface area contributed by atoms with Gasteiger partial charge in [0.05, 0.1) is 5.75 Å². The predicted octanol–water partition coefficient (Wildman–Crippen LogP) is 2.99. The second kappa shape index (κ2) is 7.16. The lowest BCUT2D eigenvalue weighted by Crippen LogP contribution is -2.20. The number of Topliss-reactive ketones (excluding diaryl/α,β-unsaturated/α-hetero) is 1. The molecule has 2 aromatic carbocycles. The van der Waals surface area contributed by atoms with E-state index in [0.717, 1.165) is 5.69 Å². The maximum atomic E-state index is 13.0. The Kier molecular flexibility index (Phi) is 4.55. The fourth-order valence-electron chi connectivity index (χ4n) is 2.61. The highest BCUT2D eigenvalue weighted by atomic mass is 32.2. The maximum Gasteiger partial charge on any atom is 0.300 e. The molecule has 0 aliphatic heterocycles. The van der Waals surface area contributed by atoms with Crippen LogP contribution in [0.2, 0.25) is 0 Å². The second-order valence-electron chi connectivity index (χ2n) is 5.70. The molecule has 0 atom stereocenters. The fourth-order valence-corrected chi connectivity index (χ4v) is 3.42. The van der Waals surface area contributed by atoms with Crippen molar-refractivity contribution in [2.75, 3.05) is 5.75 Å². The number of para-hydroxylation sites is 1. The Labute approximate surface area is 157 Å². The van der Waals surface area contributed by atoms with Crippen molar-refractivity contribution < 1.29 is 9.18 Å². The average molecular weight is 380 g/mol. The molecule has 0 radical (unpaired) electrons. The molecule has 8 heteroatoms. The Morgan fingerprint density at radius 3 is 2.48 bits per heavy atom. The van der Waals surface area contributed by atoms with E-state index in [1.54, 1.807) is 16.8 Å². The van der Waals surface area contributed by atoms with Gasteiger partial charge in [-0.3, -0.25) is 18.6 Å². The molecule has 0 unspecified atom stereocenters. The van der Waals surface area contributed by atoms with Gasteiger partial charge in [-0.2, -0.15) is 0 Å². The number of nitrogens with zero attached hydrogens (tertiary/aromatic N) is 4. The molecule has 2 heterocycles. The van der Waals surface area contributed by atoms with Crippen LogP contribution in [0.25, 0.3) is 11.3 Å². The zero-order valence-corrected chi connectivity index (χ0v) is 14.8. The van der Waals surface area contributed by atoms with Gasteiger partial charge in [-0.25, -0.2) is 4.39 Å². The number of ketones is 1. The van der Waals surface area contributed by atoms with Gasteiger partial charge in [0.25, 0.3) is 0 Å². The van der Waals surface area contributed by atoms with Crippen molar-refractivity contribution in [2.24, 2.45) is 0 Å². The first-order valence-corrected chi connectivity index (χ1v) is 9.05. The summed E-state index contributed by atoms with van der Waals surface area (Å²) in [6.45, 7) is 0. The SMILES string of the molecule is O=C(CSc1nnc2c(=O)n(-c3ccccc3)ccn12)c1ccc(F)cc1. The van der Waals surface area contributed by atoms with Gasteiger partial charge in [0.1, 0.15) is 5.82 Å². The van der Waals surface area contributed by atoms with Crippen molar-refractivity contribution in [3.8, 4) is 5.69 Å². The van der Waals surface area contributed by atoms with Crippen molar-refractivity contribution in [1.29, 1.82) is 0 Å². The predicted molar refractivity (Wildman–Crippen MR) is 100 cm³/mol. The van der Waals surface area contributed by atoms with E-state index in [4.69, 9.17) is 0 Å². The van der Waals surface area contributed by atoms with Crippen LogP contribution in [0.3, 0.4) is 0 Å². The van der Waals surface area contributed by atoms with Crippen LogP contribution in [-0.2, 0) is 0 Å². The standard InChI is InChI=1S/C19H13FN4O2S/c20-14-8-6-13(7-9-14)16(25)12-27-19-22-21-17-18(26)23(10-11-24(17)19)15-4-2-1-3-5-15/h1-11H,12H2. The first kappa shape index (κ1) is 17.2. The normalized spacial score (nSPS) is 11.0. The molecule has 134 valence electrons. The van der Waals surface area contributed by atoms with Crippen LogP contribution in [0.15, 0.2) is 76.9 Å². The Morgan fingerprint density at radius 1 is 1.00 bits per heavy atom. The van der Waals surface area contributed by atoms with Gasteiger partial charge in [-0.1, -0.05) is 30.0 Å². The summed E-state index contributed by atoms with van der Waals surface area (Å²) < 4.78 is 16.0. The molecular weight excluding hydrogens is 367 g/mol. The van der Waals surface area contributed by atoms with Gasteiger partial charge in [0.2, 0.25) is 5.65 Å². The van der Waals surface area contributed by atoms with Crippen LogP contribution in [-0.4, -0.2) is 30.7 Å². The van der Waals surface area contributed by atoms with Crippen LogP contribution < -0.4 is 5.56 Å². The third-order valence-electron chi connectivity index (χ3n) is 3.97. The minimum absolute atomic E-state index is 0.105. The molecule has 0 aliphatic carbocycles. The fraction of sp³-hybridized carbons (Fsp3) is 0.0526. The Morgan fingerprint density at radius 2 is 1.74 bits per heavy atom. The molecule has 6 nitrogen and oxygen atoms in total. The molecular formula is C19H13FN4O2S. The lowest BCUT2D eigenvalue weighted by molar-refractivity contribution is 0.102. The highest BCUT2D eigenvalue weighted by Gasteiger charge is 2.14. The van der Waals surface area contributed by atoms with Crippen LogP contribution >= 0.6 is 11.8 Å².